The Morgan fingerprint density at radius 3 is 1.98 bits per heavy atom. The van der Waals surface area contributed by atoms with Crippen LogP contribution in [0.1, 0.15) is 17.0 Å². The van der Waals surface area contributed by atoms with Gasteiger partial charge in [0.05, 0.1) is 17.1 Å². The molecule has 0 fully saturated rings. The van der Waals surface area contributed by atoms with E-state index in [0.717, 1.165) is 17.2 Å². The molecule has 198 valence electrons. The quantitative estimate of drug-likeness (QED) is 0.223. The van der Waals surface area contributed by atoms with Crippen LogP contribution < -0.4 is 19.6 Å². The zero-order valence-electron chi connectivity index (χ0n) is 22.7. The van der Waals surface area contributed by atoms with Crippen LogP contribution in [0.15, 0.2) is 122 Å². The maximum Gasteiger partial charge on any atom is 0.178 e. The minimum Gasteiger partial charge on any atom is -0.335 e. The lowest BCUT2D eigenvalue weighted by Crippen LogP contribution is -2.59. The fraction of sp³-hybridized carbons (Fsp3) is 0.143. The number of fused-ring (bicyclic) bond motifs is 14. The molecule has 0 amide bonds. The number of hydrogen-bond acceptors (Lipinski definition) is 6. The first-order valence-electron chi connectivity index (χ1n) is 14.2. The molecule has 41 heavy (non-hydrogen) atoms. The van der Waals surface area contributed by atoms with Crippen LogP contribution in [0.3, 0.4) is 0 Å². The van der Waals surface area contributed by atoms with Crippen LogP contribution in [0.4, 0.5) is 40.1 Å². The van der Waals surface area contributed by atoms with Crippen molar-refractivity contribution < 1.29 is 0 Å². The van der Waals surface area contributed by atoms with Gasteiger partial charge in [0.15, 0.2) is 11.6 Å². The number of anilines is 7. The second kappa shape index (κ2) is 8.21. The Balaban J connectivity index is 1.39. The van der Waals surface area contributed by atoms with Gasteiger partial charge in [0, 0.05) is 48.2 Å². The maximum absolute atomic E-state index is 4.89. The lowest BCUT2D eigenvalue weighted by atomic mass is 9.72. The van der Waals surface area contributed by atoms with E-state index in [0.29, 0.717) is 0 Å². The van der Waals surface area contributed by atoms with Gasteiger partial charge in [-0.05, 0) is 47.5 Å². The summed E-state index contributed by atoms with van der Waals surface area (Å²) in [6, 6.07) is 37.2. The summed E-state index contributed by atoms with van der Waals surface area (Å²) in [7, 11) is 2.17. The van der Waals surface area contributed by atoms with Crippen molar-refractivity contribution in [3.8, 4) is 0 Å². The number of para-hydroxylation sites is 5. The highest BCUT2D eigenvalue weighted by Crippen LogP contribution is 2.63. The monoisotopic (exact) mass is 532 g/mol. The van der Waals surface area contributed by atoms with Gasteiger partial charge in [-0.2, -0.15) is 0 Å². The van der Waals surface area contributed by atoms with E-state index in [9.17, 15) is 0 Å². The fourth-order valence-electron chi connectivity index (χ4n) is 7.84. The van der Waals surface area contributed by atoms with Crippen LogP contribution >= 0.6 is 0 Å². The predicted molar refractivity (Wildman–Crippen MR) is 165 cm³/mol. The lowest BCUT2D eigenvalue weighted by molar-refractivity contribution is 0.323. The third-order valence-corrected chi connectivity index (χ3v) is 9.34. The van der Waals surface area contributed by atoms with Crippen molar-refractivity contribution >= 4 is 45.6 Å². The highest BCUT2D eigenvalue weighted by atomic mass is 15.5. The Morgan fingerprint density at radius 1 is 0.585 bits per heavy atom. The molecule has 4 aromatic carbocycles. The van der Waals surface area contributed by atoms with E-state index >= 15 is 0 Å². The lowest BCUT2D eigenvalue weighted by Gasteiger charge is -2.50. The molecule has 5 aromatic rings. The highest BCUT2D eigenvalue weighted by molar-refractivity contribution is 5.96. The summed E-state index contributed by atoms with van der Waals surface area (Å²) in [5.74, 6) is 1.97. The molecule has 9 rings (SSSR count). The summed E-state index contributed by atoms with van der Waals surface area (Å²) >= 11 is 0. The van der Waals surface area contributed by atoms with Crippen LogP contribution in [0.25, 0.3) is 5.57 Å². The van der Waals surface area contributed by atoms with Gasteiger partial charge in [-0.3, -0.25) is 0 Å². The number of hydrogen-bond donors (Lipinski definition) is 0. The van der Waals surface area contributed by atoms with Gasteiger partial charge in [0.1, 0.15) is 12.3 Å². The number of rotatable bonds is 1. The Kier molecular flexibility index (Phi) is 4.54. The molecule has 6 heteroatoms. The summed E-state index contributed by atoms with van der Waals surface area (Å²) in [4.78, 5) is 19.6. The van der Waals surface area contributed by atoms with Gasteiger partial charge >= 0.3 is 0 Å². The normalized spacial score (nSPS) is 23.1. The van der Waals surface area contributed by atoms with E-state index in [1.165, 1.54) is 39.6 Å². The third-order valence-electron chi connectivity index (χ3n) is 9.34. The van der Waals surface area contributed by atoms with E-state index in [2.05, 4.69) is 130 Å². The second-order valence-corrected chi connectivity index (χ2v) is 11.2. The molecule has 0 aliphatic carbocycles. The van der Waals surface area contributed by atoms with Gasteiger partial charge < -0.3 is 19.6 Å². The summed E-state index contributed by atoms with van der Waals surface area (Å²) in [5.41, 5.74) is 9.61. The number of nitrogens with zero attached hydrogens (tertiary/aromatic N) is 6. The smallest absolute Gasteiger partial charge is 0.178 e. The van der Waals surface area contributed by atoms with Crippen molar-refractivity contribution in [3.63, 3.8) is 0 Å². The van der Waals surface area contributed by atoms with Crippen molar-refractivity contribution in [1.82, 2.24) is 9.97 Å². The predicted octanol–water partition coefficient (Wildman–Crippen LogP) is 7.45. The Bertz CT molecular complexity index is 1850. The number of aromatic nitrogens is 2. The van der Waals surface area contributed by atoms with Crippen LogP contribution in [-0.2, 0) is 0 Å². The van der Waals surface area contributed by atoms with Crippen molar-refractivity contribution in [2.45, 2.75) is 18.2 Å². The van der Waals surface area contributed by atoms with E-state index in [-0.39, 0.29) is 24.2 Å². The van der Waals surface area contributed by atoms with Gasteiger partial charge in [-0.15, -0.1) is 0 Å². The van der Waals surface area contributed by atoms with E-state index in [1.807, 2.05) is 0 Å². The van der Waals surface area contributed by atoms with Crippen molar-refractivity contribution in [2.24, 2.45) is 5.92 Å². The molecule has 4 aliphatic rings. The van der Waals surface area contributed by atoms with Crippen LogP contribution in [-0.4, -0.2) is 29.3 Å². The van der Waals surface area contributed by atoms with Crippen LogP contribution in [0.2, 0.25) is 0 Å². The molecular formula is C35H28N6. The molecule has 5 heterocycles. The summed E-state index contributed by atoms with van der Waals surface area (Å²) in [5, 5.41) is 0. The minimum absolute atomic E-state index is 0.0219. The van der Waals surface area contributed by atoms with Crippen molar-refractivity contribution in [2.75, 3.05) is 26.6 Å². The summed E-state index contributed by atoms with van der Waals surface area (Å²) < 4.78 is 0. The largest absolute Gasteiger partial charge is 0.335 e. The maximum atomic E-state index is 4.89. The SMILES string of the molecule is C=C1c2ccccc2N2c3ccccc3N(c3ccccc3)C2C2C1c1ccccc1N1c3nccnc3N(C)C21. The minimum atomic E-state index is -0.0298. The van der Waals surface area contributed by atoms with E-state index < -0.39 is 0 Å². The van der Waals surface area contributed by atoms with Gasteiger partial charge in [-0.1, -0.05) is 73.3 Å². The summed E-state index contributed by atoms with van der Waals surface area (Å²) in [6.45, 7) is 4.85. The van der Waals surface area contributed by atoms with E-state index in [1.54, 1.807) is 12.4 Å². The molecule has 4 aliphatic heterocycles. The highest BCUT2D eigenvalue weighted by Gasteiger charge is 2.58. The van der Waals surface area contributed by atoms with E-state index in [4.69, 9.17) is 16.5 Å². The molecule has 0 saturated carbocycles. The fourth-order valence-corrected chi connectivity index (χ4v) is 7.84. The molecular weight excluding hydrogens is 504 g/mol. The van der Waals surface area contributed by atoms with Gasteiger partial charge in [0.2, 0.25) is 0 Å². The Labute approximate surface area is 239 Å². The first-order chi connectivity index (χ1) is 20.2. The molecule has 0 bridgehead atoms. The van der Waals surface area contributed by atoms with Gasteiger partial charge in [-0.25, -0.2) is 9.97 Å². The second-order valence-electron chi connectivity index (χ2n) is 11.2. The Morgan fingerprint density at radius 2 is 1.20 bits per heavy atom. The Hall–Kier alpha value is -5.10. The molecule has 0 spiro atoms. The average Bonchev–Trinajstić information content (AvgIpc) is 3.49. The molecule has 4 unspecified atom stereocenters. The third kappa shape index (κ3) is 2.86. The van der Waals surface area contributed by atoms with Crippen LogP contribution in [0, 0.1) is 5.92 Å². The van der Waals surface area contributed by atoms with Crippen molar-refractivity contribution in [3.05, 3.63) is 133 Å². The number of allylic oxidation sites excluding steroid dienone is 1. The molecule has 4 atom stereocenters. The topological polar surface area (TPSA) is 38.7 Å². The molecule has 6 nitrogen and oxygen atoms in total. The molecule has 0 N–H and O–H groups in total. The molecule has 1 aromatic heterocycles. The zero-order valence-corrected chi connectivity index (χ0v) is 22.7. The number of benzene rings is 4. The molecule has 0 saturated heterocycles. The van der Waals surface area contributed by atoms with Crippen molar-refractivity contribution in [1.29, 1.82) is 0 Å². The van der Waals surface area contributed by atoms with Crippen LogP contribution in [0.5, 0.6) is 0 Å². The first kappa shape index (κ1) is 22.7. The zero-order chi connectivity index (χ0) is 27.2. The summed E-state index contributed by atoms with van der Waals surface area (Å²) in [6.07, 6.45) is 3.55. The standard InChI is InChI=1S/C35H28N6/c1-22-24-14-6-8-16-26(24)40-29-19-11-10-18-28(29)39(23-12-4-3-5-13-23)35(40)31-30(22)25-15-7-9-17-27(25)41-33-32(36-20-21-37-33)38(2)34(31)41/h3-21,30-31,34-35H,1H2,2H3. The van der Waals surface area contributed by atoms with Gasteiger partial charge in [0.25, 0.3) is 0 Å². The first-order valence-corrected chi connectivity index (χ1v) is 14.2. The average molecular weight is 533 g/mol. The molecule has 0 radical (unpaired) electrons.